The summed E-state index contributed by atoms with van der Waals surface area (Å²) >= 11 is 0. The molecule has 6 heteroatoms. The zero-order valence-electron chi connectivity index (χ0n) is 11.4. The standard InChI is InChI=1S/C13H20N4O2/c1-10(8-16-7-5-14-9-16)15-13(19)12-4-3-6-17(12)11(2)18/h5,7,9-10,12H,3-4,6,8H2,1-2H3,(H,15,19)/t10-,12+/m1/s1. The molecule has 1 aliphatic rings. The van der Waals surface area contributed by atoms with Crippen LogP contribution in [0, 0.1) is 0 Å². The van der Waals surface area contributed by atoms with Gasteiger partial charge in [-0.15, -0.1) is 0 Å². The number of rotatable bonds is 4. The van der Waals surface area contributed by atoms with Gasteiger partial charge < -0.3 is 14.8 Å². The number of hydrogen-bond acceptors (Lipinski definition) is 3. The van der Waals surface area contributed by atoms with Gasteiger partial charge in [0.1, 0.15) is 6.04 Å². The van der Waals surface area contributed by atoms with Gasteiger partial charge in [0.25, 0.3) is 0 Å². The Labute approximate surface area is 112 Å². The summed E-state index contributed by atoms with van der Waals surface area (Å²) in [4.78, 5) is 29.2. The highest BCUT2D eigenvalue weighted by molar-refractivity contribution is 5.87. The van der Waals surface area contributed by atoms with Crippen LogP contribution in [0.15, 0.2) is 18.7 Å². The van der Waals surface area contributed by atoms with Crippen molar-refractivity contribution in [2.24, 2.45) is 0 Å². The fraction of sp³-hybridized carbons (Fsp3) is 0.615. The largest absolute Gasteiger partial charge is 0.350 e. The van der Waals surface area contributed by atoms with Crippen molar-refractivity contribution in [2.45, 2.75) is 45.3 Å². The number of nitrogens with zero attached hydrogens (tertiary/aromatic N) is 3. The van der Waals surface area contributed by atoms with Crippen LogP contribution < -0.4 is 5.32 Å². The lowest BCUT2D eigenvalue weighted by Gasteiger charge is -2.24. The number of imidazole rings is 1. The molecule has 0 unspecified atom stereocenters. The minimum Gasteiger partial charge on any atom is -0.350 e. The first-order valence-corrected chi connectivity index (χ1v) is 6.61. The predicted molar refractivity (Wildman–Crippen MR) is 70.2 cm³/mol. The second-order valence-corrected chi connectivity index (χ2v) is 5.04. The van der Waals surface area contributed by atoms with Crippen LogP contribution in [0.3, 0.4) is 0 Å². The van der Waals surface area contributed by atoms with Gasteiger partial charge >= 0.3 is 0 Å². The van der Waals surface area contributed by atoms with Crippen molar-refractivity contribution in [3.8, 4) is 0 Å². The van der Waals surface area contributed by atoms with Gasteiger partial charge in [0.05, 0.1) is 6.33 Å². The maximum atomic E-state index is 12.2. The van der Waals surface area contributed by atoms with Crippen LogP contribution in [0.1, 0.15) is 26.7 Å². The molecule has 0 bridgehead atoms. The Kier molecular flexibility index (Phi) is 4.19. The fourth-order valence-electron chi connectivity index (χ4n) is 2.51. The van der Waals surface area contributed by atoms with Crippen LogP contribution >= 0.6 is 0 Å². The van der Waals surface area contributed by atoms with Crippen molar-refractivity contribution in [3.05, 3.63) is 18.7 Å². The van der Waals surface area contributed by atoms with Crippen molar-refractivity contribution < 1.29 is 9.59 Å². The van der Waals surface area contributed by atoms with E-state index >= 15 is 0 Å². The van der Waals surface area contributed by atoms with E-state index in [1.807, 2.05) is 17.7 Å². The van der Waals surface area contributed by atoms with E-state index in [4.69, 9.17) is 0 Å². The molecular weight excluding hydrogens is 244 g/mol. The van der Waals surface area contributed by atoms with E-state index in [0.29, 0.717) is 13.1 Å². The van der Waals surface area contributed by atoms with Crippen molar-refractivity contribution >= 4 is 11.8 Å². The molecule has 0 aromatic carbocycles. The average molecular weight is 264 g/mol. The molecule has 0 aliphatic carbocycles. The van der Waals surface area contributed by atoms with Gasteiger partial charge in [-0.25, -0.2) is 4.98 Å². The van der Waals surface area contributed by atoms with E-state index in [1.165, 1.54) is 6.92 Å². The molecule has 1 aromatic heterocycles. The third kappa shape index (κ3) is 3.33. The molecule has 2 atom stereocenters. The van der Waals surface area contributed by atoms with Crippen molar-refractivity contribution in [2.75, 3.05) is 6.54 Å². The minimum absolute atomic E-state index is 0.0103. The average Bonchev–Trinajstić information content (AvgIpc) is 2.97. The van der Waals surface area contributed by atoms with Crippen molar-refractivity contribution in [1.82, 2.24) is 19.8 Å². The SMILES string of the molecule is CC(=O)N1CCC[C@H]1C(=O)N[C@H](C)Cn1ccnc1. The summed E-state index contributed by atoms with van der Waals surface area (Å²) in [6.07, 6.45) is 6.94. The molecular formula is C13H20N4O2. The Balaban J connectivity index is 1.88. The van der Waals surface area contributed by atoms with E-state index in [1.54, 1.807) is 17.4 Å². The predicted octanol–water partition coefficient (Wildman–Crippen LogP) is 0.399. The van der Waals surface area contributed by atoms with Gasteiger partial charge in [0.15, 0.2) is 0 Å². The highest BCUT2D eigenvalue weighted by Gasteiger charge is 2.32. The number of hydrogen-bond donors (Lipinski definition) is 1. The topological polar surface area (TPSA) is 67.2 Å². The van der Waals surface area contributed by atoms with Gasteiger partial charge in [-0.3, -0.25) is 9.59 Å². The lowest BCUT2D eigenvalue weighted by Crippen LogP contribution is -2.48. The van der Waals surface area contributed by atoms with E-state index in [9.17, 15) is 9.59 Å². The molecule has 2 amide bonds. The maximum absolute atomic E-state index is 12.2. The van der Waals surface area contributed by atoms with Crippen molar-refractivity contribution in [1.29, 1.82) is 0 Å². The molecule has 104 valence electrons. The van der Waals surface area contributed by atoms with E-state index in [-0.39, 0.29) is 23.9 Å². The summed E-state index contributed by atoms with van der Waals surface area (Å²) in [5.41, 5.74) is 0. The van der Waals surface area contributed by atoms with Crippen LogP contribution in [0.2, 0.25) is 0 Å². The Morgan fingerprint density at radius 1 is 1.53 bits per heavy atom. The molecule has 1 saturated heterocycles. The summed E-state index contributed by atoms with van der Waals surface area (Å²) < 4.78 is 1.92. The summed E-state index contributed by atoms with van der Waals surface area (Å²) in [6.45, 7) is 4.83. The fourth-order valence-corrected chi connectivity index (χ4v) is 2.51. The summed E-state index contributed by atoms with van der Waals surface area (Å²) in [7, 11) is 0. The smallest absolute Gasteiger partial charge is 0.243 e. The molecule has 19 heavy (non-hydrogen) atoms. The Morgan fingerprint density at radius 3 is 2.95 bits per heavy atom. The summed E-state index contributed by atoms with van der Waals surface area (Å²) in [5, 5.41) is 2.96. The maximum Gasteiger partial charge on any atom is 0.243 e. The van der Waals surface area contributed by atoms with E-state index in [0.717, 1.165) is 12.8 Å². The van der Waals surface area contributed by atoms with Crippen molar-refractivity contribution in [3.63, 3.8) is 0 Å². The summed E-state index contributed by atoms with van der Waals surface area (Å²) in [6, 6.07) is -0.293. The molecule has 2 heterocycles. The highest BCUT2D eigenvalue weighted by atomic mass is 16.2. The first-order chi connectivity index (χ1) is 9.08. The van der Waals surface area contributed by atoms with Crippen LogP contribution in [-0.2, 0) is 16.1 Å². The summed E-state index contributed by atoms with van der Waals surface area (Å²) in [5.74, 6) is -0.0831. The van der Waals surface area contributed by atoms with Gasteiger partial charge in [0, 0.05) is 38.4 Å². The first-order valence-electron chi connectivity index (χ1n) is 6.61. The lowest BCUT2D eigenvalue weighted by atomic mass is 10.2. The molecule has 1 fully saturated rings. The number of carbonyl (C=O) groups is 2. The van der Waals surface area contributed by atoms with E-state index < -0.39 is 0 Å². The minimum atomic E-state index is -0.303. The highest BCUT2D eigenvalue weighted by Crippen LogP contribution is 2.17. The second kappa shape index (κ2) is 5.86. The zero-order valence-corrected chi connectivity index (χ0v) is 11.4. The number of aromatic nitrogens is 2. The quantitative estimate of drug-likeness (QED) is 0.856. The molecule has 0 radical (unpaired) electrons. The number of likely N-dealkylation sites (tertiary alicyclic amines) is 1. The molecule has 6 nitrogen and oxygen atoms in total. The normalized spacial score (nSPS) is 20.3. The molecule has 1 aromatic rings. The van der Waals surface area contributed by atoms with Gasteiger partial charge in [0.2, 0.25) is 11.8 Å². The monoisotopic (exact) mass is 264 g/mol. The van der Waals surface area contributed by atoms with Crippen LogP contribution in [-0.4, -0.2) is 44.9 Å². The van der Waals surface area contributed by atoms with E-state index in [2.05, 4.69) is 10.3 Å². The Hall–Kier alpha value is -1.85. The second-order valence-electron chi connectivity index (χ2n) is 5.04. The number of amides is 2. The molecule has 1 N–H and O–H groups in total. The third-order valence-electron chi connectivity index (χ3n) is 3.39. The number of carbonyl (C=O) groups excluding carboxylic acids is 2. The Morgan fingerprint density at radius 2 is 2.32 bits per heavy atom. The van der Waals surface area contributed by atoms with Crippen LogP contribution in [0.4, 0.5) is 0 Å². The third-order valence-corrected chi connectivity index (χ3v) is 3.39. The van der Waals surface area contributed by atoms with Gasteiger partial charge in [-0.05, 0) is 19.8 Å². The van der Waals surface area contributed by atoms with Crippen LogP contribution in [0.25, 0.3) is 0 Å². The molecule has 2 rings (SSSR count). The van der Waals surface area contributed by atoms with Crippen LogP contribution in [0.5, 0.6) is 0 Å². The molecule has 0 saturated carbocycles. The number of nitrogens with one attached hydrogen (secondary N) is 1. The lowest BCUT2D eigenvalue weighted by molar-refractivity contribution is -0.137. The first kappa shape index (κ1) is 13.6. The molecule has 1 aliphatic heterocycles. The Bertz CT molecular complexity index is 444. The zero-order chi connectivity index (χ0) is 13.8. The van der Waals surface area contributed by atoms with Gasteiger partial charge in [-0.1, -0.05) is 0 Å². The van der Waals surface area contributed by atoms with Gasteiger partial charge in [-0.2, -0.15) is 0 Å². The molecule has 0 spiro atoms.